The number of rotatable bonds is 6. The fourth-order valence-corrected chi connectivity index (χ4v) is 4.79. The van der Waals surface area contributed by atoms with Crippen molar-refractivity contribution in [2.24, 2.45) is 0 Å². The number of carbonyl (C=O) groups excluding carboxylic acids is 2. The Balaban J connectivity index is 1.79. The van der Waals surface area contributed by atoms with E-state index in [0.29, 0.717) is 28.7 Å². The largest absolute Gasteiger partial charge is 0.497 e. The second kappa shape index (κ2) is 10.4. The van der Waals surface area contributed by atoms with Crippen LogP contribution >= 0.6 is 27.3 Å². The van der Waals surface area contributed by atoms with Crippen molar-refractivity contribution in [3.8, 4) is 23.8 Å². The third-order valence-electron chi connectivity index (χ3n) is 5.62. The normalized spacial score (nSPS) is 15.5. The van der Waals surface area contributed by atoms with Crippen LogP contribution in [0.4, 0.5) is 16.2 Å². The summed E-state index contributed by atoms with van der Waals surface area (Å²) in [7, 11) is 4.81. The van der Waals surface area contributed by atoms with Gasteiger partial charge in [0.1, 0.15) is 17.2 Å². The number of terminal acetylenes is 1. The molecular formula is C25H23BrN4O4S. The van der Waals surface area contributed by atoms with Gasteiger partial charge in [-0.05, 0) is 30.2 Å². The molecule has 3 aromatic rings. The Morgan fingerprint density at radius 3 is 2.40 bits per heavy atom. The molecule has 10 heteroatoms. The first-order valence-corrected chi connectivity index (χ1v) is 12.3. The number of hydrogen-bond donors (Lipinski definition) is 0. The lowest BCUT2D eigenvalue weighted by molar-refractivity contribution is 0.0964. The van der Waals surface area contributed by atoms with Crippen LogP contribution in [0.5, 0.6) is 11.5 Å². The van der Waals surface area contributed by atoms with Crippen molar-refractivity contribution >= 4 is 50.6 Å². The van der Waals surface area contributed by atoms with Gasteiger partial charge in [0.15, 0.2) is 5.01 Å². The Morgan fingerprint density at radius 1 is 1.17 bits per heavy atom. The predicted octanol–water partition coefficient (Wildman–Crippen LogP) is 4.49. The first-order valence-electron chi connectivity index (χ1n) is 10.6. The molecule has 2 aromatic carbocycles. The highest BCUT2D eigenvalue weighted by atomic mass is 79.9. The molecule has 1 atom stereocenters. The molecule has 0 spiro atoms. The van der Waals surface area contributed by atoms with Crippen molar-refractivity contribution in [3.63, 3.8) is 0 Å². The monoisotopic (exact) mass is 554 g/mol. The van der Waals surface area contributed by atoms with E-state index < -0.39 is 6.04 Å². The van der Waals surface area contributed by atoms with Gasteiger partial charge in [0, 0.05) is 47.3 Å². The van der Waals surface area contributed by atoms with Gasteiger partial charge in [-0.3, -0.25) is 9.69 Å². The first-order chi connectivity index (χ1) is 16.8. The molecular weight excluding hydrogens is 532 g/mol. The van der Waals surface area contributed by atoms with E-state index in [-0.39, 0.29) is 24.2 Å². The number of hydrogen-bond acceptors (Lipinski definition) is 6. The van der Waals surface area contributed by atoms with Gasteiger partial charge in [-0.2, -0.15) is 0 Å². The summed E-state index contributed by atoms with van der Waals surface area (Å²) >= 11 is 4.66. The molecule has 0 aliphatic carbocycles. The maximum absolute atomic E-state index is 13.8. The molecule has 1 saturated heterocycles. The third-order valence-corrected chi connectivity index (χ3v) is 6.92. The minimum atomic E-state index is -0.401. The minimum Gasteiger partial charge on any atom is -0.497 e. The molecule has 0 bridgehead atoms. The highest BCUT2D eigenvalue weighted by molar-refractivity contribution is 9.10. The van der Waals surface area contributed by atoms with Crippen LogP contribution in [0.3, 0.4) is 0 Å². The second-order valence-corrected chi connectivity index (χ2v) is 9.61. The van der Waals surface area contributed by atoms with Crippen LogP contribution in [0.1, 0.15) is 15.5 Å². The van der Waals surface area contributed by atoms with Crippen molar-refractivity contribution < 1.29 is 19.1 Å². The summed E-state index contributed by atoms with van der Waals surface area (Å²) in [5.74, 6) is 3.21. The number of anilines is 2. The lowest BCUT2D eigenvalue weighted by atomic mass is 10.1. The Bertz CT molecular complexity index is 1270. The third kappa shape index (κ3) is 5.11. The lowest BCUT2D eigenvalue weighted by Crippen LogP contribution is -2.61. The zero-order valence-electron chi connectivity index (χ0n) is 19.4. The number of likely N-dealkylation sites (N-methyl/N-ethyl adjacent to an activating group) is 1. The van der Waals surface area contributed by atoms with E-state index in [1.54, 1.807) is 59.5 Å². The summed E-state index contributed by atoms with van der Waals surface area (Å²) in [5, 5.41) is 2.07. The number of nitrogens with zero attached hydrogens (tertiary/aromatic N) is 4. The summed E-state index contributed by atoms with van der Waals surface area (Å²) < 4.78 is 11.8. The molecule has 35 heavy (non-hydrogen) atoms. The minimum absolute atomic E-state index is 0.150. The van der Waals surface area contributed by atoms with E-state index in [4.69, 9.17) is 15.9 Å². The van der Waals surface area contributed by atoms with E-state index in [1.807, 2.05) is 24.3 Å². The van der Waals surface area contributed by atoms with Gasteiger partial charge in [0.25, 0.3) is 5.91 Å². The number of halogens is 1. The molecule has 8 nitrogen and oxygen atoms in total. The maximum atomic E-state index is 13.8. The zero-order valence-corrected chi connectivity index (χ0v) is 21.8. The average Bonchev–Trinajstić information content (AvgIpc) is 3.36. The number of amides is 3. The first kappa shape index (κ1) is 24.6. The van der Waals surface area contributed by atoms with Crippen LogP contribution < -0.4 is 19.3 Å². The van der Waals surface area contributed by atoms with E-state index in [2.05, 4.69) is 26.8 Å². The van der Waals surface area contributed by atoms with Crippen molar-refractivity contribution in [3.05, 3.63) is 63.0 Å². The molecule has 0 saturated carbocycles. The van der Waals surface area contributed by atoms with Gasteiger partial charge in [-0.15, -0.1) is 17.8 Å². The summed E-state index contributed by atoms with van der Waals surface area (Å²) in [6.07, 6.45) is 5.48. The van der Waals surface area contributed by atoms with Crippen molar-refractivity contribution in [2.45, 2.75) is 6.04 Å². The number of urea groups is 1. The van der Waals surface area contributed by atoms with E-state index in [9.17, 15) is 9.59 Å². The number of methoxy groups -OCH3 is 2. The molecule has 1 aliphatic heterocycles. The molecule has 0 unspecified atom stereocenters. The fourth-order valence-electron chi connectivity index (χ4n) is 3.93. The Hall–Kier alpha value is -3.55. The van der Waals surface area contributed by atoms with E-state index >= 15 is 0 Å². The maximum Gasteiger partial charge on any atom is 0.324 e. The van der Waals surface area contributed by atoms with Gasteiger partial charge in [-0.25, -0.2) is 9.78 Å². The summed E-state index contributed by atoms with van der Waals surface area (Å²) in [6.45, 7) is 0.603. The van der Waals surface area contributed by atoms with Gasteiger partial charge in [0.2, 0.25) is 0 Å². The summed E-state index contributed by atoms with van der Waals surface area (Å²) in [6, 6.07) is 12.2. The highest BCUT2D eigenvalue weighted by Gasteiger charge is 2.37. The Kier molecular flexibility index (Phi) is 7.28. The van der Waals surface area contributed by atoms with Crippen molar-refractivity contribution in [1.82, 2.24) is 9.88 Å². The van der Waals surface area contributed by atoms with Crippen LogP contribution in [0.15, 0.2) is 52.3 Å². The number of ether oxygens (including phenoxy) is 2. The number of carbonyl (C=O) groups is 2. The van der Waals surface area contributed by atoms with Crippen LogP contribution in [0, 0.1) is 12.3 Å². The van der Waals surface area contributed by atoms with Gasteiger partial charge < -0.3 is 19.3 Å². The SMILES string of the molecule is C#Cc1nc(C(=O)N(c2cc(OC)cc(OC)c2)[C@@H]2CN(C)C(=O)N(c3ccc(Br)cc3)C2)cs1. The second-order valence-electron chi connectivity index (χ2n) is 7.83. The van der Waals surface area contributed by atoms with Crippen molar-refractivity contribution in [2.75, 3.05) is 44.2 Å². The molecule has 1 aliphatic rings. The zero-order chi connectivity index (χ0) is 25.1. The molecule has 1 aromatic heterocycles. The standard InChI is InChI=1S/C25H23BrN4O4S/c1-5-23-27-22(15-35-23)24(31)30(18-10-20(33-3)12-21(11-18)34-4)19-13-28(2)25(32)29(14-19)17-8-6-16(26)7-9-17/h1,6-12,15,19H,13-14H2,2-4H3/t19-/m1/s1. The molecule has 0 N–H and O–H groups in total. The molecule has 1 fully saturated rings. The van der Waals surface area contributed by atoms with Crippen molar-refractivity contribution in [1.29, 1.82) is 0 Å². The molecule has 180 valence electrons. The highest BCUT2D eigenvalue weighted by Crippen LogP contribution is 2.33. The predicted molar refractivity (Wildman–Crippen MR) is 140 cm³/mol. The van der Waals surface area contributed by atoms with Crippen LogP contribution in [0.25, 0.3) is 0 Å². The smallest absolute Gasteiger partial charge is 0.324 e. The van der Waals surface area contributed by atoms with Crippen LogP contribution in [-0.4, -0.2) is 62.2 Å². The lowest BCUT2D eigenvalue weighted by Gasteiger charge is -2.43. The van der Waals surface area contributed by atoms with E-state index in [1.165, 1.54) is 11.3 Å². The molecule has 2 heterocycles. The van der Waals surface area contributed by atoms with Gasteiger partial charge >= 0.3 is 6.03 Å². The molecule has 4 rings (SSSR count). The van der Waals surface area contributed by atoms with Gasteiger partial charge in [-0.1, -0.05) is 15.9 Å². The van der Waals surface area contributed by atoms with Crippen LogP contribution in [0.2, 0.25) is 0 Å². The molecule has 0 radical (unpaired) electrons. The Labute approximate surface area is 216 Å². The number of aromatic nitrogens is 1. The van der Waals surface area contributed by atoms with Gasteiger partial charge in [0.05, 0.1) is 32.5 Å². The van der Waals surface area contributed by atoms with E-state index in [0.717, 1.165) is 10.2 Å². The quantitative estimate of drug-likeness (QED) is 0.419. The van der Waals surface area contributed by atoms with Crippen LogP contribution in [-0.2, 0) is 0 Å². The average molecular weight is 555 g/mol. The molecule has 3 amide bonds. The summed E-state index contributed by atoms with van der Waals surface area (Å²) in [4.78, 5) is 36.1. The number of benzene rings is 2. The topological polar surface area (TPSA) is 75.2 Å². The Morgan fingerprint density at radius 2 is 1.83 bits per heavy atom. The number of thiazole rings is 1. The summed E-state index contributed by atoms with van der Waals surface area (Å²) in [5.41, 5.74) is 1.53. The fraction of sp³-hybridized carbons (Fsp3) is 0.240.